The zero-order chi connectivity index (χ0) is 8.27. The smallest absolute Gasteiger partial charge is 0.737 e. The van der Waals surface area contributed by atoms with Crippen LogP contribution in [0.15, 0.2) is 24.3 Å². The van der Waals surface area contributed by atoms with Crippen LogP contribution in [0.3, 0.4) is 0 Å². The normalized spacial score (nSPS) is 8.42. The molecular weight excluding hydrogens is 246 g/mol. The molecule has 0 fully saturated rings. The van der Waals surface area contributed by atoms with Gasteiger partial charge in [0.1, 0.15) is 5.75 Å². The fraction of sp³-hybridized carbons (Fsp3) is 0.125. The number of carbonyl (C=O) groups is 1. The van der Waals surface area contributed by atoms with Crippen LogP contribution in [0.25, 0.3) is 0 Å². The largest absolute Gasteiger partial charge is 1.00 e. The Bertz CT molecular complexity index is 276. The molecule has 0 aliphatic rings. The van der Waals surface area contributed by atoms with Crippen molar-refractivity contribution in [3.05, 3.63) is 29.8 Å². The number of ether oxygens (including phenoxy) is 1. The summed E-state index contributed by atoms with van der Waals surface area (Å²) >= 11 is 4.48. The molecule has 0 spiro atoms. The monoisotopic (exact) mass is 252 g/mol. The van der Waals surface area contributed by atoms with Crippen molar-refractivity contribution >= 4 is 17.7 Å². The van der Waals surface area contributed by atoms with E-state index >= 15 is 0 Å². The molecule has 1 rings (SSSR count). The van der Waals surface area contributed by atoms with E-state index in [9.17, 15) is 4.79 Å². The van der Waals surface area contributed by atoms with Gasteiger partial charge in [-0.25, -0.2) is 0 Å². The van der Waals surface area contributed by atoms with Crippen LogP contribution in [0.2, 0.25) is 0 Å². The predicted molar refractivity (Wildman–Crippen MR) is 44.7 cm³/mol. The number of hydrogen-bond acceptors (Lipinski definition) is 3. The van der Waals surface area contributed by atoms with E-state index < -0.39 is 0 Å². The molecule has 0 saturated heterocycles. The molecule has 58 valence electrons. The second kappa shape index (κ2) is 6.21. The molecule has 1 aromatic rings. The summed E-state index contributed by atoms with van der Waals surface area (Å²) < 4.78 is 4.92. The van der Waals surface area contributed by atoms with Crippen LogP contribution in [-0.2, 0) is 12.6 Å². The quantitative estimate of drug-likeness (QED) is 0.593. The Hall–Kier alpha value is 0.715. The molecule has 0 bridgehead atoms. The average Bonchev–Trinajstić information content (AvgIpc) is 2.04. The van der Waals surface area contributed by atoms with Crippen LogP contribution in [0.5, 0.6) is 5.75 Å². The zero-order valence-corrected chi connectivity index (χ0v) is 12.8. The molecule has 2 nitrogen and oxygen atoms in total. The van der Waals surface area contributed by atoms with E-state index in [-0.39, 0.29) is 63.3 Å². The molecule has 1 aromatic carbocycles. The van der Waals surface area contributed by atoms with Crippen LogP contribution in [0, 0.1) is 0 Å². The molecule has 12 heavy (non-hydrogen) atoms. The first-order valence-corrected chi connectivity index (χ1v) is 3.51. The molecular formula is C8H7O2RbS. The number of carbonyl (C=O) groups excluding carboxylic acids is 1. The van der Waals surface area contributed by atoms with Crippen molar-refractivity contribution in [1.29, 1.82) is 0 Å². The second-order valence-electron chi connectivity index (χ2n) is 1.99. The van der Waals surface area contributed by atoms with Crippen molar-refractivity contribution in [2.24, 2.45) is 0 Å². The number of rotatable bonds is 2. The van der Waals surface area contributed by atoms with Gasteiger partial charge in [0.05, 0.1) is 7.11 Å². The van der Waals surface area contributed by atoms with Crippen LogP contribution in [0.1, 0.15) is 10.4 Å². The molecule has 0 aromatic heterocycles. The summed E-state index contributed by atoms with van der Waals surface area (Å²) in [6.45, 7) is 0. The summed E-state index contributed by atoms with van der Waals surface area (Å²) in [7, 11) is 1.51. The summed E-state index contributed by atoms with van der Waals surface area (Å²) in [6, 6.07) is 6.90. The summed E-state index contributed by atoms with van der Waals surface area (Å²) in [5.41, 5.74) is 0.449. The maximum atomic E-state index is 10.8. The average molecular weight is 253 g/mol. The molecule has 0 N–H and O–H groups in total. The van der Waals surface area contributed by atoms with Crippen LogP contribution in [-0.4, -0.2) is 12.2 Å². The third kappa shape index (κ3) is 3.22. The first kappa shape index (κ1) is 12.7. The number of para-hydroxylation sites is 1. The first-order valence-electron chi connectivity index (χ1n) is 3.10. The van der Waals surface area contributed by atoms with Crippen molar-refractivity contribution in [2.45, 2.75) is 0 Å². The summed E-state index contributed by atoms with van der Waals surface area (Å²) in [5, 5.41) is -0.387. The van der Waals surface area contributed by atoms with Crippen molar-refractivity contribution in [3.63, 3.8) is 0 Å². The molecule has 0 aliphatic heterocycles. The van der Waals surface area contributed by atoms with E-state index in [4.69, 9.17) is 4.74 Å². The fourth-order valence-corrected chi connectivity index (χ4v) is 0.982. The number of benzene rings is 1. The standard InChI is InChI=1S/C8H8O2S.Rb/c1-10-7-5-3-2-4-6(7)8(9)11;/h2-5H,1H3,(H,9,11);/q;+1/p-1. The van der Waals surface area contributed by atoms with Crippen molar-refractivity contribution < 1.29 is 67.7 Å². The number of hydrogen-bond donors (Lipinski definition) is 0. The Morgan fingerprint density at radius 3 is 2.42 bits per heavy atom. The van der Waals surface area contributed by atoms with E-state index in [0.717, 1.165) is 0 Å². The Balaban J connectivity index is 0.00000121. The predicted octanol–water partition coefficient (Wildman–Crippen LogP) is -1.61. The molecule has 0 saturated carbocycles. The van der Waals surface area contributed by atoms with Gasteiger partial charge >= 0.3 is 58.2 Å². The third-order valence-electron chi connectivity index (χ3n) is 1.33. The van der Waals surface area contributed by atoms with Gasteiger partial charge in [0.25, 0.3) is 0 Å². The van der Waals surface area contributed by atoms with Gasteiger partial charge in [-0.15, -0.1) is 0 Å². The Labute approximate surface area is 126 Å². The van der Waals surface area contributed by atoms with Gasteiger partial charge in [0, 0.05) is 10.7 Å². The van der Waals surface area contributed by atoms with E-state index in [0.29, 0.717) is 11.3 Å². The minimum Gasteiger partial charge on any atom is -0.737 e. The summed E-state index contributed by atoms with van der Waals surface area (Å²) in [5.74, 6) is 0.535. The van der Waals surface area contributed by atoms with Crippen molar-refractivity contribution in [2.75, 3.05) is 7.11 Å². The third-order valence-corrected chi connectivity index (χ3v) is 1.55. The van der Waals surface area contributed by atoms with Gasteiger partial charge in [-0.3, -0.25) is 0 Å². The zero-order valence-electron chi connectivity index (χ0n) is 7.03. The molecule has 0 aliphatic carbocycles. The van der Waals surface area contributed by atoms with Gasteiger partial charge in [-0.2, -0.15) is 0 Å². The molecule has 0 radical (unpaired) electrons. The van der Waals surface area contributed by atoms with Gasteiger partial charge < -0.3 is 22.2 Å². The molecule has 0 heterocycles. The molecule has 4 heteroatoms. The SMILES string of the molecule is COc1ccccc1C(=O)[S-].[Rb+]. The fourth-order valence-electron chi connectivity index (χ4n) is 0.813. The van der Waals surface area contributed by atoms with Crippen LogP contribution < -0.4 is 62.9 Å². The molecule has 0 amide bonds. The number of methoxy groups -OCH3 is 1. The Kier molecular flexibility index (Phi) is 6.58. The van der Waals surface area contributed by atoms with Crippen molar-refractivity contribution in [1.82, 2.24) is 0 Å². The Morgan fingerprint density at radius 1 is 1.42 bits per heavy atom. The van der Waals surface area contributed by atoms with Gasteiger partial charge in [0.2, 0.25) is 0 Å². The Morgan fingerprint density at radius 2 is 2.00 bits per heavy atom. The maximum absolute atomic E-state index is 10.8. The topological polar surface area (TPSA) is 26.3 Å². The van der Waals surface area contributed by atoms with Crippen molar-refractivity contribution in [3.8, 4) is 5.75 Å². The van der Waals surface area contributed by atoms with Gasteiger partial charge in [0.15, 0.2) is 0 Å². The second-order valence-corrected chi connectivity index (χ2v) is 2.36. The van der Waals surface area contributed by atoms with E-state index in [2.05, 4.69) is 12.6 Å². The minimum atomic E-state index is -0.387. The first-order chi connectivity index (χ1) is 5.25. The maximum Gasteiger partial charge on any atom is 1.00 e. The van der Waals surface area contributed by atoms with Gasteiger partial charge in [-0.05, 0) is 12.1 Å². The van der Waals surface area contributed by atoms with E-state index in [1.54, 1.807) is 24.3 Å². The van der Waals surface area contributed by atoms with Crippen LogP contribution in [0.4, 0.5) is 0 Å². The van der Waals surface area contributed by atoms with Gasteiger partial charge in [-0.1, -0.05) is 12.1 Å². The molecule has 0 unspecified atom stereocenters. The summed E-state index contributed by atoms with van der Waals surface area (Å²) in [6.07, 6.45) is 0. The minimum absolute atomic E-state index is 0. The molecule has 0 atom stereocenters. The van der Waals surface area contributed by atoms with Crippen LogP contribution >= 0.6 is 0 Å². The van der Waals surface area contributed by atoms with E-state index in [1.165, 1.54) is 7.11 Å². The van der Waals surface area contributed by atoms with E-state index in [1.807, 2.05) is 0 Å². The summed E-state index contributed by atoms with van der Waals surface area (Å²) in [4.78, 5) is 10.8.